The number of hydrogen-bond donors (Lipinski definition) is 5. The van der Waals surface area contributed by atoms with E-state index in [-0.39, 0.29) is 28.9 Å². The summed E-state index contributed by atoms with van der Waals surface area (Å²) in [5, 5.41) is 43.3. The molecule has 9 nitrogen and oxygen atoms in total. The zero-order chi connectivity index (χ0) is 23.0. The maximum atomic E-state index is 13.6. The molecule has 0 spiro atoms. The number of hydrogen-bond acceptors (Lipinski definition) is 8. The summed E-state index contributed by atoms with van der Waals surface area (Å²) in [5.41, 5.74) is 3.08. The Kier molecular flexibility index (Phi) is 4.53. The highest BCUT2D eigenvalue weighted by Crippen LogP contribution is 2.55. The Morgan fingerprint density at radius 3 is 2.39 bits per heavy atom. The van der Waals surface area contributed by atoms with Crippen molar-refractivity contribution in [2.24, 2.45) is 23.5 Å². The second-order valence-electron chi connectivity index (χ2n) is 8.80. The van der Waals surface area contributed by atoms with E-state index in [4.69, 9.17) is 5.73 Å². The standard InChI is InChI=1S/C22H24N2O7/c1-22(31)9-5-4-6-11(25)13(9)19(28)14-10(22)7-8-12(17(14)26)18(27)15(21(23)30)20(29)16(8)24(2)3/h4-6,8,10,12,16,25,28-29,31H,7H2,1-3H3,(H2,23,30)/t8-,10+,12-,16+,22-/m1/s1. The highest BCUT2D eigenvalue weighted by molar-refractivity contribution is 6.28. The van der Waals surface area contributed by atoms with Crippen LogP contribution in [-0.4, -0.2) is 62.9 Å². The van der Waals surface area contributed by atoms with E-state index in [0.29, 0.717) is 0 Å². The molecule has 0 aromatic heterocycles. The van der Waals surface area contributed by atoms with E-state index in [1.165, 1.54) is 19.1 Å². The summed E-state index contributed by atoms with van der Waals surface area (Å²) in [6, 6.07) is 3.53. The van der Waals surface area contributed by atoms with Gasteiger partial charge in [-0.1, -0.05) is 12.1 Å². The highest BCUT2D eigenvalue weighted by Gasteiger charge is 2.59. The predicted octanol–water partition coefficient (Wildman–Crippen LogP) is 0.514. The average molecular weight is 428 g/mol. The van der Waals surface area contributed by atoms with Gasteiger partial charge in [0.15, 0.2) is 11.6 Å². The van der Waals surface area contributed by atoms with E-state index < -0.39 is 64.0 Å². The van der Waals surface area contributed by atoms with Crippen molar-refractivity contribution in [3.05, 3.63) is 46.2 Å². The minimum Gasteiger partial charge on any atom is -0.510 e. The first-order valence-corrected chi connectivity index (χ1v) is 9.87. The molecule has 164 valence electrons. The Morgan fingerprint density at radius 2 is 1.81 bits per heavy atom. The van der Waals surface area contributed by atoms with Gasteiger partial charge in [0.25, 0.3) is 5.91 Å². The molecule has 3 aliphatic rings. The van der Waals surface area contributed by atoms with Crippen LogP contribution in [0.25, 0.3) is 5.76 Å². The SMILES string of the molecule is CN(C)[C@@H]1C(O)=C(C(N)=O)C(=O)[C@H]2C(=O)C3=C(O)c4c(O)cccc4[C@@](C)(O)[C@H]3C[C@H]21. The Morgan fingerprint density at radius 1 is 1.16 bits per heavy atom. The lowest BCUT2D eigenvalue weighted by Gasteiger charge is -2.49. The first-order chi connectivity index (χ1) is 14.4. The summed E-state index contributed by atoms with van der Waals surface area (Å²) in [4.78, 5) is 40.1. The van der Waals surface area contributed by atoms with Gasteiger partial charge in [0.1, 0.15) is 22.8 Å². The number of Topliss-reactive ketones (excluding diaryl/α,β-unsaturated/α-hetero) is 2. The number of primary amides is 1. The fraction of sp³-hybridized carbons (Fsp3) is 0.409. The predicted molar refractivity (Wildman–Crippen MR) is 109 cm³/mol. The van der Waals surface area contributed by atoms with Gasteiger partial charge in [-0.05, 0) is 45.0 Å². The highest BCUT2D eigenvalue weighted by atomic mass is 16.3. The molecular formula is C22H24N2O7. The van der Waals surface area contributed by atoms with Gasteiger partial charge >= 0.3 is 0 Å². The van der Waals surface area contributed by atoms with Gasteiger partial charge in [-0.2, -0.15) is 0 Å². The molecule has 0 aliphatic heterocycles. The van der Waals surface area contributed by atoms with E-state index in [0.717, 1.165) is 0 Å². The van der Waals surface area contributed by atoms with Crippen LogP contribution in [0.5, 0.6) is 5.75 Å². The van der Waals surface area contributed by atoms with Gasteiger partial charge < -0.3 is 26.2 Å². The van der Waals surface area contributed by atoms with Gasteiger partial charge in [-0.15, -0.1) is 0 Å². The van der Waals surface area contributed by atoms with Crippen molar-refractivity contribution in [2.45, 2.75) is 25.0 Å². The summed E-state index contributed by atoms with van der Waals surface area (Å²) in [6.07, 6.45) is 0.0720. The van der Waals surface area contributed by atoms with Crippen LogP contribution in [0, 0.1) is 17.8 Å². The lowest BCUT2D eigenvalue weighted by molar-refractivity contribution is -0.139. The number of nitrogens with zero attached hydrogens (tertiary/aromatic N) is 1. The van der Waals surface area contributed by atoms with Crippen LogP contribution >= 0.6 is 0 Å². The average Bonchev–Trinajstić information content (AvgIpc) is 2.65. The van der Waals surface area contributed by atoms with Gasteiger partial charge in [0.2, 0.25) is 0 Å². The lowest BCUT2D eigenvalue weighted by atomic mass is 9.56. The molecule has 9 heteroatoms. The topological polar surface area (TPSA) is 161 Å². The summed E-state index contributed by atoms with van der Waals surface area (Å²) < 4.78 is 0. The van der Waals surface area contributed by atoms with Gasteiger partial charge in [-0.3, -0.25) is 19.3 Å². The number of nitrogens with two attached hydrogens (primary N) is 1. The molecule has 0 heterocycles. The zero-order valence-electron chi connectivity index (χ0n) is 17.3. The number of aliphatic hydroxyl groups is 3. The monoisotopic (exact) mass is 428 g/mol. The molecule has 6 N–H and O–H groups in total. The molecule has 4 rings (SSSR count). The molecule has 31 heavy (non-hydrogen) atoms. The number of aromatic hydroxyl groups is 1. The summed E-state index contributed by atoms with van der Waals surface area (Å²) in [5.74, 6) is -7.12. The number of likely N-dealkylation sites (N-methyl/N-ethyl adjacent to an activating group) is 1. The maximum absolute atomic E-state index is 13.6. The number of amides is 1. The van der Waals surface area contributed by atoms with Crippen LogP contribution in [0.4, 0.5) is 0 Å². The van der Waals surface area contributed by atoms with E-state index >= 15 is 0 Å². The van der Waals surface area contributed by atoms with Crippen LogP contribution < -0.4 is 5.73 Å². The molecule has 5 atom stereocenters. The van der Waals surface area contributed by atoms with Crippen molar-refractivity contribution in [1.82, 2.24) is 4.90 Å². The second-order valence-corrected chi connectivity index (χ2v) is 8.80. The van der Waals surface area contributed by atoms with Crippen molar-refractivity contribution >= 4 is 23.2 Å². The summed E-state index contributed by atoms with van der Waals surface area (Å²) in [6.45, 7) is 1.48. The molecule has 0 saturated heterocycles. The van der Waals surface area contributed by atoms with Gasteiger partial charge in [0, 0.05) is 11.5 Å². The molecule has 1 aromatic rings. The van der Waals surface area contributed by atoms with E-state index in [9.17, 15) is 34.8 Å². The molecule has 0 bridgehead atoms. The molecule has 1 amide bonds. The normalized spacial score (nSPS) is 32.7. The number of rotatable bonds is 2. The Labute approximate surface area is 178 Å². The number of phenolic OH excluding ortho intramolecular Hbond substituents is 1. The van der Waals surface area contributed by atoms with Crippen LogP contribution in [0.2, 0.25) is 0 Å². The van der Waals surface area contributed by atoms with Gasteiger partial charge in [-0.25, -0.2) is 0 Å². The summed E-state index contributed by atoms with van der Waals surface area (Å²) in [7, 11) is 3.26. The molecule has 3 aliphatic carbocycles. The molecule has 0 radical (unpaired) electrons. The quantitative estimate of drug-likeness (QED) is 0.336. The Hall–Kier alpha value is -3.17. The first kappa shape index (κ1) is 21.1. The molecular weight excluding hydrogens is 404 g/mol. The third-order valence-electron chi connectivity index (χ3n) is 6.86. The fourth-order valence-electron chi connectivity index (χ4n) is 5.52. The van der Waals surface area contributed by atoms with Crippen molar-refractivity contribution < 1.29 is 34.8 Å². The van der Waals surface area contributed by atoms with Crippen molar-refractivity contribution in [2.75, 3.05) is 14.1 Å². The number of aliphatic hydroxyl groups excluding tert-OH is 2. The maximum Gasteiger partial charge on any atom is 0.255 e. The van der Waals surface area contributed by atoms with Crippen LogP contribution in [0.15, 0.2) is 35.1 Å². The third kappa shape index (κ3) is 2.66. The molecule has 1 aromatic carbocycles. The van der Waals surface area contributed by atoms with Crippen LogP contribution in [-0.2, 0) is 20.0 Å². The Balaban J connectivity index is 1.97. The molecule has 1 fully saturated rings. The third-order valence-corrected chi connectivity index (χ3v) is 6.86. The minimum absolute atomic E-state index is 0.0634. The molecule has 0 unspecified atom stereocenters. The zero-order valence-corrected chi connectivity index (χ0v) is 17.3. The van der Waals surface area contributed by atoms with Crippen molar-refractivity contribution in [3.8, 4) is 5.75 Å². The summed E-state index contributed by atoms with van der Waals surface area (Å²) >= 11 is 0. The lowest BCUT2D eigenvalue weighted by Crippen LogP contribution is -2.57. The van der Waals surface area contributed by atoms with Crippen LogP contribution in [0.3, 0.4) is 0 Å². The second kappa shape index (κ2) is 6.66. The van der Waals surface area contributed by atoms with Crippen molar-refractivity contribution in [1.29, 1.82) is 0 Å². The van der Waals surface area contributed by atoms with Gasteiger partial charge in [0.05, 0.1) is 23.1 Å². The fourth-order valence-corrected chi connectivity index (χ4v) is 5.52. The van der Waals surface area contributed by atoms with Crippen LogP contribution in [0.1, 0.15) is 24.5 Å². The number of phenols is 1. The van der Waals surface area contributed by atoms with E-state index in [1.54, 1.807) is 25.1 Å². The van der Waals surface area contributed by atoms with Crippen molar-refractivity contribution in [3.63, 3.8) is 0 Å². The minimum atomic E-state index is -1.64. The smallest absolute Gasteiger partial charge is 0.255 e. The number of fused-ring (bicyclic) bond motifs is 3. The Bertz CT molecular complexity index is 1100. The first-order valence-electron chi connectivity index (χ1n) is 9.87. The number of carbonyl (C=O) groups is 3. The van der Waals surface area contributed by atoms with E-state index in [2.05, 4.69) is 0 Å². The number of ketones is 2. The van der Waals surface area contributed by atoms with E-state index in [1.807, 2.05) is 0 Å². The number of benzene rings is 1. The largest absolute Gasteiger partial charge is 0.510 e. The number of carbonyl (C=O) groups excluding carboxylic acids is 3. The molecule has 1 saturated carbocycles.